The highest BCUT2D eigenvalue weighted by Crippen LogP contribution is 2.27. The Kier molecular flexibility index (Phi) is 3.82. The van der Waals surface area contributed by atoms with E-state index in [4.69, 9.17) is 4.42 Å². The van der Waals surface area contributed by atoms with Gasteiger partial charge in [-0.15, -0.1) is 10.2 Å². The molecule has 22 heavy (non-hydrogen) atoms. The monoisotopic (exact) mass is 297 g/mol. The third-order valence-corrected chi connectivity index (χ3v) is 3.02. The van der Waals surface area contributed by atoms with Crippen molar-refractivity contribution in [3.63, 3.8) is 0 Å². The van der Waals surface area contributed by atoms with Gasteiger partial charge < -0.3 is 4.42 Å². The largest absolute Gasteiger partial charge is 0.433 e. The number of hydrogen-bond donors (Lipinski definition) is 0. The summed E-state index contributed by atoms with van der Waals surface area (Å²) >= 11 is 0. The number of hydrogen-bond acceptors (Lipinski definition) is 6. The fourth-order valence-corrected chi connectivity index (χ4v) is 1.97. The molecule has 0 aliphatic carbocycles. The molecule has 0 saturated heterocycles. The minimum absolute atomic E-state index is 0.0418. The van der Waals surface area contributed by atoms with Crippen molar-refractivity contribution >= 4 is 17.9 Å². The summed E-state index contributed by atoms with van der Waals surface area (Å²) in [6.45, 7) is 0. The Bertz CT molecular complexity index is 764. The summed E-state index contributed by atoms with van der Waals surface area (Å²) < 4.78 is 4.93. The lowest BCUT2D eigenvalue weighted by atomic mass is 10.1. The molecule has 2 heterocycles. The van der Waals surface area contributed by atoms with Gasteiger partial charge >= 0.3 is 5.88 Å². The van der Waals surface area contributed by atoms with Crippen LogP contribution in [0.25, 0.3) is 0 Å². The Morgan fingerprint density at radius 3 is 2.82 bits per heavy atom. The quantitative estimate of drug-likeness (QED) is 0.489. The molecule has 8 heteroatoms. The lowest BCUT2D eigenvalue weighted by molar-refractivity contribution is -0.402. The van der Waals surface area contributed by atoms with Gasteiger partial charge in [-0.05, 0) is 11.6 Å². The highest BCUT2D eigenvalue weighted by atomic mass is 16.6. The van der Waals surface area contributed by atoms with Gasteiger partial charge in [-0.3, -0.25) is 10.1 Å². The van der Waals surface area contributed by atoms with Crippen molar-refractivity contribution in [1.29, 1.82) is 0 Å². The maximum atomic E-state index is 10.5. The van der Waals surface area contributed by atoms with Crippen LogP contribution < -0.4 is 0 Å². The molecule has 1 atom stereocenters. The Morgan fingerprint density at radius 2 is 2.09 bits per heavy atom. The van der Waals surface area contributed by atoms with E-state index < -0.39 is 4.92 Å². The first-order valence-electron chi connectivity index (χ1n) is 6.52. The molecule has 2 aromatic rings. The molecule has 1 aliphatic rings. The van der Waals surface area contributed by atoms with Crippen LogP contribution in [-0.4, -0.2) is 17.0 Å². The van der Waals surface area contributed by atoms with E-state index in [0.717, 1.165) is 5.56 Å². The summed E-state index contributed by atoms with van der Waals surface area (Å²) in [5.41, 5.74) is 1.07. The van der Waals surface area contributed by atoms with E-state index in [0.29, 0.717) is 12.3 Å². The van der Waals surface area contributed by atoms with Gasteiger partial charge in [0.2, 0.25) is 0 Å². The van der Waals surface area contributed by atoms with E-state index in [9.17, 15) is 10.1 Å². The summed E-state index contributed by atoms with van der Waals surface area (Å²) in [6, 6.07) is 12.5. The van der Waals surface area contributed by atoms with E-state index in [1.54, 1.807) is 0 Å². The number of azo groups is 1. The van der Waals surface area contributed by atoms with Crippen LogP contribution in [0.1, 0.15) is 23.8 Å². The number of rotatable bonds is 4. The van der Waals surface area contributed by atoms with Crippen LogP contribution in [0, 0.1) is 10.1 Å². The first-order valence-corrected chi connectivity index (χ1v) is 6.52. The van der Waals surface area contributed by atoms with E-state index in [1.165, 1.54) is 18.3 Å². The first kappa shape index (κ1) is 13.8. The Morgan fingerprint density at radius 1 is 1.27 bits per heavy atom. The molecule has 0 amide bonds. The van der Waals surface area contributed by atoms with Gasteiger partial charge in [-0.2, -0.15) is 10.2 Å². The van der Waals surface area contributed by atoms with Crippen LogP contribution in [-0.2, 0) is 0 Å². The lowest BCUT2D eigenvalue weighted by Crippen LogP contribution is -1.95. The van der Waals surface area contributed by atoms with Crippen molar-refractivity contribution in [3.8, 4) is 0 Å². The van der Waals surface area contributed by atoms with E-state index >= 15 is 0 Å². The molecule has 3 rings (SSSR count). The van der Waals surface area contributed by atoms with Crippen molar-refractivity contribution in [3.05, 3.63) is 63.9 Å². The molecule has 0 fully saturated rings. The third-order valence-electron chi connectivity index (χ3n) is 3.02. The molecule has 1 aromatic heterocycles. The number of nitrogens with zero attached hydrogens (tertiary/aromatic N) is 5. The molecule has 1 aromatic carbocycles. The lowest BCUT2D eigenvalue weighted by Gasteiger charge is -2.02. The summed E-state index contributed by atoms with van der Waals surface area (Å²) in [7, 11) is 0. The highest BCUT2D eigenvalue weighted by molar-refractivity contribution is 5.85. The fourth-order valence-electron chi connectivity index (χ4n) is 1.97. The van der Waals surface area contributed by atoms with Gasteiger partial charge in [-0.1, -0.05) is 30.3 Å². The summed E-state index contributed by atoms with van der Waals surface area (Å²) in [5, 5.41) is 26.4. The molecule has 0 saturated carbocycles. The molecule has 8 nitrogen and oxygen atoms in total. The predicted molar refractivity (Wildman–Crippen MR) is 79.0 cm³/mol. The van der Waals surface area contributed by atoms with Crippen molar-refractivity contribution in [2.75, 3.05) is 0 Å². The smallest absolute Gasteiger partial charge is 0.400 e. The molecular weight excluding hydrogens is 286 g/mol. The van der Waals surface area contributed by atoms with E-state index in [2.05, 4.69) is 20.4 Å². The number of amidine groups is 1. The zero-order chi connectivity index (χ0) is 15.4. The van der Waals surface area contributed by atoms with Crippen molar-refractivity contribution in [2.45, 2.75) is 12.5 Å². The summed E-state index contributed by atoms with van der Waals surface area (Å²) in [6.07, 6.45) is 1.87. The average Bonchev–Trinajstić information content (AvgIpc) is 3.18. The van der Waals surface area contributed by atoms with Gasteiger partial charge in [0.1, 0.15) is 11.0 Å². The molecule has 0 bridgehead atoms. The second kappa shape index (κ2) is 6.08. The zero-order valence-corrected chi connectivity index (χ0v) is 11.4. The fraction of sp³-hybridized carbons (Fsp3) is 0.143. The molecule has 0 N–H and O–H groups in total. The second-order valence-electron chi connectivity index (χ2n) is 4.54. The molecule has 1 aliphatic heterocycles. The first-order chi connectivity index (χ1) is 10.7. The molecule has 0 radical (unpaired) electrons. The Hall–Kier alpha value is -3.16. The predicted octanol–water partition coefficient (Wildman–Crippen LogP) is 3.52. The normalized spacial score (nSPS) is 19.3. The van der Waals surface area contributed by atoms with Crippen LogP contribution in [0.4, 0.5) is 5.88 Å². The average molecular weight is 297 g/mol. The molecule has 0 spiro atoms. The van der Waals surface area contributed by atoms with Crippen molar-refractivity contribution in [2.24, 2.45) is 20.4 Å². The number of benzene rings is 1. The summed E-state index contributed by atoms with van der Waals surface area (Å²) in [5.74, 6) is 0.426. The summed E-state index contributed by atoms with van der Waals surface area (Å²) in [4.78, 5) is 9.87. The second-order valence-corrected chi connectivity index (χ2v) is 4.54. The number of furan rings is 1. The van der Waals surface area contributed by atoms with Gasteiger partial charge in [0.15, 0.2) is 11.6 Å². The van der Waals surface area contributed by atoms with Crippen molar-refractivity contribution in [1.82, 2.24) is 0 Å². The molecule has 1 unspecified atom stereocenters. The van der Waals surface area contributed by atoms with Crippen LogP contribution >= 0.6 is 0 Å². The van der Waals surface area contributed by atoms with Crippen LogP contribution in [0.3, 0.4) is 0 Å². The van der Waals surface area contributed by atoms with Crippen LogP contribution in [0.5, 0.6) is 0 Å². The zero-order valence-electron chi connectivity index (χ0n) is 11.4. The maximum Gasteiger partial charge on any atom is 0.433 e. The van der Waals surface area contributed by atoms with E-state index in [1.807, 2.05) is 30.3 Å². The van der Waals surface area contributed by atoms with Crippen LogP contribution in [0.15, 0.2) is 67.3 Å². The van der Waals surface area contributed by atoms with Gasteiger partial charge in [0, 0.05) is 6.42 Å². The van der Waals surface area contributed by atoms with Gasteiger partial charge in [0.25, 0.3) is 0 Å². The Balaban J connectivity index is 1.63. The standard InChI is InChI=1S/C14H11N5O3/c20-19(21)14-7-6-11(22-14)9-15-17-13-8-12(16-18-13)10-4-2-1-3-5-10/h1-7,9,12H,8H2. The molecule has 110 valence electrons. The number of nitro groups is 1. The van der Waals surface area contributed by atoms with Crippen LogP contribution in [0.2, 0.25) is 0 Å². The Labute approximate surface area is 125 Å². The highest BCUT2D eigenvalue weighted by Gasteiger charge is 2.19. The SMILES string of the molecule is O=[N+]([O-])c1ccc(C=NN=C2CC(c3ccccc3)N=N2)o1. The minimum atomic E-state index is -0.612. The van der Waals surface area contributed by atoms with Gasteiger partial charge in [-0.25, -0.2) is 0 Å². The third kappa shape index (κ3) is 3.11. The van der Waals surface area contributed by atoms with Gasteiger partial charge in [0.05, 0.1) is 12.3 Å². The van der Waals surface area contributed by atoms with Crippen molar-refractivity contribution < 1.29 is 9.34 Å². The maximum absolute atomic E-state index is 10.5. The van der Waals surface area contributed by atoms with E-state index in [-0.39, 0.29) is 17.7 Å². The minimum Gasteiger partial charge on any atom is -0.400 e. The molecular formula is C14H11N5O3. The topological polar surface area (TPSA) is 106 Å².